The van der Waals surface area contributed by atoms with E-state index in [9.17, 15) is 29.8 Å². The Hall–Kier alpha value is -4.32. The number of amides is 1. The molecule has 3 aromatic rings. The first kappa shape index (κ1) is 24.3. The lowest BCUT2D eigenvalue weighted by atomic mass is 10.0. The molecule has 1 heterocycles. The van der Waals surface area contributed by atoms with Gasteiger partial charge in [-0.15, -0.1) is 11.3 Å². The summed E-state index contributed by atoms with van der Waals surface area (Å²) in [6, 6.07) is 11.0. The van der Waals surface area contributed by atoms with Crippen molar-refractivity contribution in [3.8, 4) is 16.9 Å². The molecule has 0 aliphatic carbocycles. The molecular formula is C22H19N3O8S. The van der Waals surface area contributed by atoms with Gasteiger partial charge in [-0.1, -0.05) is 0 Å². The molecule has 0 radical (unpaired) electrons. The number of nitrogens with zero attached hydrogens (tertiary/aromatic N) is 2. The van der Waals surface area contributed by atoms with Crippen LogP contribution in [0.2, 0.25) is 0 Å². The summed E-state index contributed by atoms with van der Waals surface area (Å²) in [5.74, 6) is -0.938. The molecule has 0 saturated carbocycles. The number of nitro benzene ring substituents is 2. The molecule has 0 atom stereocenters. The molecule has 3 rings (SSSR count). The van der Waals surface area contributed by atoms with Gasteiger partial charge in [0, 0.05) is 34.7 Å². The zero-order valence-electron chi connectivity index (χ0n) is 18.1. The Kier molecular flexibility index (Phi) is 7.53. The van der Waals surface area contributed by atoms with E-state index in [1.165, 1.54) is 48.5 Å². The summed E-state index contributed by atoms with van der Waals surface area (Å²) >= 11 is 1.16. The number of aryl methyl sites for hydroxylation is 1. The molecule has 2 aromatic carbocycles. The van der Waals surface area contributed by atoms with Crippen molar-refractivity contribution in [2.45, 2.75) is 13.8 Å². The van der Waals surface area contributed by atoms with Crippen LogP contribution in [-0.4, -0.2) is 34.9 Å². The Morgan fingerprint density at radius 2 is 1.53 bits per heavy atom. The molecule has 0 aliphatic rings. The molecule has 1 amide bonds. The van der Waals surface area contributed by atoms with Crippen LogP contribution in [0, 0.1) is 27.2 Å². The fourth-order valence-corrected chi connectivity index (χ4v) is 4.18. The monoisotopic (exact) mass is 485 g/mol. The first-order valence-electron chi connectivity index (χ1n) is 9.93. The summed E-state index contributed by atoms with van der Waals surface area (Å²) in [6.07, 6.45) is 0. The van der Waals surface area contributed by atoms with Gasteiger partial charge in [-0.2, -0.15) is 0 Å². The second kappa shape index (κ2) is 10.5. The predicted octanol–water partition coefficient (Wildman–Crippen LogP) is 4.73. The second-order valence-electron chi connectivity index (χ2n) is 6.85. The molecule has 176 valence electrons. The molecule has 12 heteroatoms. The number of non-ortho nitro benzene ring substituents is 2. The van der Waals surface area contributed by atoms with Gasteiger partial charge in [-0.05, 0) is 43.7 Å². The van der Waals surface area contributed by atoms with Gasteiger partial charge in [0.25, 0.3) is 17.3 Å². The number of ether oxygens (including phenoxy) is 2. The lowest BCUT2D eigenvalue weighted by Gasteiger charge is -2.10. The van der Waals surface area contributed by atoms with Gasteiger partial charge in [-0.3, -0.25) is 25.0 Å². The number of hydrogen-bond acceptors (Lipinski definition) is 9. The van der Waals surface area contributed by atoms with Crippen molar-refractivity contribution in [2.75, 3.05) is 18.5 Å². The number of carbonyl (C=O) groups is 2. The highest BCUT2D eigenvalue weighted by atomic mass is 32.1. The third-order valence-electron chi connectivity index (χ3n) is 4.60. The predicted molar refractivity (Wildman–Crippen MR) is 124 cm³/mol. The molecule has 0 unspecified atom stereocenters. The number of nitrogens with one attached hydrogen (secondary N) is 1. The first-order chi connectivity index (χ1) is 16.2. The van der Waals surface area contributed by atoms with E-state index in [2.05, 4.69) is 5.32 Å². The zero-order valence-corrected chi connectivity index (χ0v) is 18.9. The van der Waals surface area contributed by atoms with Crippen LogP contribution in [0.1, 0.15) is 22.2 Å². The van der Waals surface area contributed by atoms with E-state index in [4.69, 9.17) is 9.47 Å². The van der Waals surface area contributed by atoms with Crippen LogP contribution in [0.4, 0.5) is 16.4 Å². The zero-order chi connectivity index (χ0) is 24.8. The average Bonchev–Trinajstić information content (AvgIpc) is 3.13. The van der Waals surface area contributed by atoms with Crippen molar-refractivity contribution in [1.29, 1.82) is 0 Å². The highest BCUT2D eigenvalue weighted by molar-refractivity contribution is 7.17. The van der Waals surface area contributed by atoms with E-state index in [1.807, 2.05) is 0 Å². The van der Waals surface area contributed by atoms with Gasteiger partial charge in [-0.25, -0.2) is 4.79 Å². The van der Waals surface area contributed by atoms with Gasteiger partial charge in [0.05, 0.1) is 16.5 Å². The van der Waals surface area contributed by atoms with E-state index < -0.39 is 28.3 Å². The molecule has 1 aromatic heterocycles. The summed E-state index contributed by atoms with van der Waals surface area (Å²) in [5, 5.41) is 24.6. The maximum atomic E-state index is 12.7. The summed E-state index contributed by atoms with van der Waals surface area (Å²) in [6.45, 7) is 3.13. The number of hydrogen-bond donors (Lipinski definition) is 1. The Balaban J connectivity index is 1.83. The third-order valence-corrected chi connectivity index (χ3v) is 5.62. The van der Waals surface area contributed by atoms with E-state index in [1.54, 1.807) is 13.8 Å². The molecule has 0 aliphatic heterocycles. The lowest BCUT2D eigenvalue weighted by Crippen LogP contribution is -2.21. The molecule has 0 bridgehead atoms. The lowest BCUT2D eigenvalue weighted by molar-refractivity contribution is -0.385. The van der Waals surface area contributed by atoms with Gasteiger partial charge in [0.1, 0.15) is 16.3 Å². The SMILES string of the molecule is CCOC(=O)c1c(NC(=O)COc2ccc([N+](=O)[O-])cc2)sc(C)c1-c1ccc([N+](=O)[O-])cc1. The standard InChI is InChI=1S/C22H19N3O8S/c1-3-32-22(27)20-19(14-4-6-15(7-5-14)24(28)29)13(2)34-21(20)23-18(26)12-33-17-10-8-16(9-11-17)25(30)31/h4-11H,3,12H2,1-2H3,(H,23,26). The molecular weight excluding hydrogens is 466 g/mol. The largest absolute Gasteiger partial charge is 0.484 e. The topological polar surface area (TPSA) is 151 Å². The van der Waals surface area contributed by atoms with E-state index in [-0.39, 0.29) is 34.3 Å². The van der Waals surface area contributed by atoms with Crippen molar-refractivity contribution < 1.29 is 28.9 Å². The number of anilines is 1. The van der Waals surface area contributed by atoms with Crippen LogP contribution in [0.3, 0.4) is 0 Å². The first-order valence-corrected chi connectivity index (χ1v) is 10.7. The fraction of sp³-hybridized carbons (Fsp3) is 0.182. The number of carbonyl (C=O) groups excluding carboxylic acids is 2. The maximum absolute atomic E-state index is 12.7. The van der Waals surface area contributed by atoms with E-state index in [0.717, 1.165) is 11.3 Å². The molecule has 0 spiro atoms. The normalized spacial score (nSPS) is 10.4. The van der Waals surface area contributed by atoms with Crippen molar-refractivity contribution in [3.63, 3.8) is 0 Å². The smallest absolute Gasteiger partial charge is 0.341 e. The molecule has 1 N–H and O–H groups in total. The summed E-state index contributed by atoms with van der Waals surface area (Å²) in [4.78, 5) is 46.6. The van der Waals surface area contributed by atoms with Gasteiger partial charge in [0.15, 0.2) is 6.61 Å². The van der Waals surface area contributed by atoms with E-state index >= 15 is 0 Å². The van der Waals surface area contributed by atoms with Crippen LogP contribution < -0.4 is 10.1 Å². The molecule has 0 saturated heterocycles. The Bertz CT molecular complexity index is 1240. The average molecular weight is 485 g/mol. The summed E-state index contributed by atoms with van der Waals surface area (Å²) in [5.41, 5.74) is 1.01. The highest BCUT2D eigenvalue weighted by Crippen LogP contribution is 2.40. The van der Waals surface area contributed by atoms with Crippen molar-refractivity contribution in [2.24, 2.45) is 0 Å². The Morgan fingerprint density at radius 3 is 2.06 bits per heavy atom. The van der Waals surface area contributed by atoms with Crippen LogP contribution in [0.15, 0.2) is 48.5 Å². The quantitative estimate of drug-likeness (QED) is 0.259. The van der Waals surface area contributed by atoms with Crippen molar-refractivity contribution in [1.82, 2.24) is 0 Å². The number of nitro groups is 2. The Labute approximate surface area is 197 Å². The highest BCUT2D eigenvalue weighted by Gasteiger charge is 2.26. The fourth-order valence-electron chi connectivity index (χ4n) is 3.10. The molecule has 11 nitrogen and oxygen atoms in total. The molecule has 0 fully saturated rings. The third kappa shape index (κ3) is 5.53. The minimum Gasteiger partial charge on any atom is -0.484 e. The van der Waals surface area contributed by atoms with E-state index in [0.29, 0.717) is 16.0 Å². The number of thiophene rings is 1. The number of esters is 1. The van der Waals surface area contributed by atoms with Gasteiger partial charge in [0.2, 0.25) is 0 Å². The van der Waals surface area contributed by atoms with Gasteiger partial charge >= 0.3 is 5.97 Å². The Morgan fingerprint density at radius 1 is 0.971 bits per heavy atom. The molecule has 34 heavy (non-hydrogen) atoms. The summed E-state index contributed by atoms with van der Waals surface area (Å²) in [7, 11) is 0. The van der Waals surface area contributed by atoms with Crippen molar-refractivity contribution >= 4 is 39.6 Å². The maximum Gasteiger partial charge on any atom is 0.341 e. The van der Waals surface area contributed by atoms with Crippen LogP contribution in [0.25, 0.3) is 11.1 Å². The minimum absolute atomic E-state index is 0.0914. The van der Waals surface area contributed by atoms with Crippen LogP contribution in [0.5, 0.6) is 5.75 Å². The number of benzene rings is 2. The number of rotatable bonds is 9. The van der Waals surface area contributed by atoms with Crippen LogP contribution in [-0.2, 0) is 9.53 Å². The van der Waals surface area contributed by atoms with Crippen LogP contribution >= 0.6 is 11.3 Å². The van der Waals surface area contributed by atoms with Crippen molar-refractivity contribution in [3.05, 3.63) is 79.2 Å². The minimum atomic E-state index is -0.646. The van der Waals surface area contributed by atoms with Gasteiger partial charge < -0.3 is 14.8 Å². The second-order valence-corrected chi connectivity index (χ2v) is 8.07. The summed E-state index contributed by atoms with van der Waals surface area (Å²) < 4.78 is 10.5.